The average molecular weight is 593 g/mol. The van der Waals surface area contributed by atoms with Gasteiger partial charge in [0.25, 0.3) is 0 Å². The number of ether oxygens (including phenoxy) is 7. The van der Waals surface area contributed by atoms with Crippen LogP contribution in [0.15, 0.2) is 0 Å². The van der Waals surface area contributed by atoms with E-state index in [0.29, 0.717) is 52.5 Å². The summed E-state index contributed by atoms with van der Waals surface area (Å²) in [6.07, 6.45) is 2.03. The van der Waals surface area contributed by atoms with Crippen molar-refractivity contribution in [2.45, 2.75) is 101 Å². The molecule has 41 heavy (non-hydrogen) atoms. The number of hydrogen-bond donors (Lipinski definition) is 0. The number of hydrogen-bond acceptors (Lipinski definition) is 11. The van der Waals surface area contributed by atoms with E-state index in [1.165, 1.54) is 0 Å². The van der Waals surface area contributed by atoms with Crippen LogP contribution in [0.2, 0.25) is 0 Å². The van der Waals surface area contributed by atoms with Crippen molar-refractivity contribution in [1.82, 2.24) is 0 Å². The van der Waals surface area contributed by atoms with E-state index in [2.05, 4.69) is 0 Å². The van der Waals surface area contributed by atoms with Crippen LogP contribution < -0.4 is 0 Å². The minimum Gasteiger partial charge on any atom is -0.463 e. The van der Waals surface area contributed by atoms with Crippen LogP contribution in [-0.2, 0) is 52.3 Å². The summed E-state index contributed by atoms with van der Waals surface area (Å²) in [5, 5.41) is 0. The van der Waals surface area contributed by atoms with Gasteiger partial charge in [-0.15, -0.1) is 0 Å². The van der Waals surface area contributed by atoms with Gasteiger partial charge in [0, 0.05) is 20.1 Å². The Labute approximate surface area is 247 Å². The van der Waals surface area contributed by atoms with Gasteiger partial charge in [-0.25, -0.2) is 4.79 Å². The first-order valence-corrected chi connectivity index (χ1v) is 14.4. The molecular weight excluding hydrogens is 536 g/mol. The third kappa shape index (κ3) is 18.0. The van der Waals surface area contributed by atoms with Crippen LogP contribution in [0.4, 0.5) is 0 Å². The van der Waals surface area contributed by atoms with Crippen molar-refractivity contribution >= 4 is 23.9 Å². The number of methoxy groups -OCH3 is 1. The molecule has 1 atom stereocenters. The van der Waals surface area contributed by atoms with Gasteiger partial charge >= 0.3 is 23.9 Å². The van der Waals surface area contributed by atoms with Crippen molar-refractivity contribution in [3.05, 3.63) is 0 Å². The number of esters is 4. The lowest BCUT2D eigenvalue weighted by Crippen LogP contribution is -2.32. The van der Waals surface area contributed by atoms with Crippen molar-refractivity contribution in [1.29, 1.82) is 0 Å². The molecule has 0 aromatic carbocycles. The van der Waals surface area contributed by atoms with Crippen LogP contribution in [0, 0.1) is 16.2 Å². The second kappa shape index (κ2) is 21.5. The molecule has 0 bridgehead atoms. The molecule has 11 heteroatoms. The summed E-state index contributed by atoms with van der Waals surface area (Å²) in [5.41, 5.74) is -1.31. The van der Waals surface area contributed by atoms with Crippen molar-refractivity contribution < 1.29 is 52.3 Å². The van der Waals surface area contributed by atoms with E-state index in [-0.39, 0.29) is 24.7 Å². The second-order valence-corrected chi connectivity index (χ2v) is 11.3. The quantitative estimate of drug-likeness (QED) is 0.105. The van der Waals surface area contributed by atoms with Crippen LogP contribution in [0.3, 0.4) is 0 Å². The molecule has 11 nitrogen and oxygen atoms in total. The van der Waals surface area contributed by atoms with Crippen LogP contribution in [0.5, 0.6) is 0 Å². The summed E-state index contributed by atoms with van der Waals surface area (Å²) in [5.74, 6) is -1.12. The van der Waals surface area contributed by atoms with Gasteiger partial charge < -0.3 is 33.2 Å². The van der Waals surface area contributed by atoms with E-state index in [0.717, 1.165) is 12.8 Å². The summed E-state index contributed by atoms with van der Waals surface area (Å²) in [6, 6.07) is 0. The van der Waals surface area contributed by atoms with Crippen LogP contribution in [-0.4, -0.2) is 83.5 Å². The molecule has 0 amide bonds. The fourth-order valence-electron chi connectivity index (χ4n) is 2.31. The lowest BCUT2D eigenvalue weighted by Gasteiger charge is -2.21. The molecule has 1 saturated heterocycles. The predicted molar refractivity (Wildman–Crippen MR) is 154 cm³/mol. The zero-order valence-electron chi connectivity index (χ0n) is 27.3. The number of carbonyl (C=O) groups is 4. The highest BCUT2D eigenvalue weighted by Crippen LogP contribution is 2.24. The maximum atomic E-state index is 11.6. The minimum absolute atomic E-state index is 0.0682. The molecule has 0 aromatic heterocycles. The highest BCUT2D eigenvalue weighted by atomic mass is 16.7. The Bertz CT molecular complexity index is 760. The first kappa shape index (κ1) is 40.9. The van der Waals surface area contributed by atoms with Gasteiger partial charge in [0.05, 0.1) is 42.7 Å². The monoisotopic (exact) mass is 592 g/mol. The highest BCUT2D eigenvalue weighted by Gasteiger charge is 2.35. The van der Waals surface area contributed by atoms with Gasteiger partial charge in [0.15, 0.2) is 6.79 Å². The molecule has 0 aliphatic carbocycles. The fraction of sp³-hybridized carbons (Fsp3) is 0.867. The SMILES string of the molecule is CCC(C)(C)C(=O)OC1CCOC1=O.CCC(C)(C)C(=O)OCCOCCOC.CCOCOC(=O)C(C)(C)CC. The van der Waals surface area contributed by atoms with E-state index in [4.69, 9.17) is 33.2 Å². The smallest absolute Gasteiger partial charge is 0.347 e. The Morgan fingerprint density at radius 2 is 1.22 bits per heavy atom. The third-order valence-electron chi connectivity index (χ3n) is 6.82. The number of carbonyl (C=O) groups excluding carboxylic acids is 4. The van der Waals surface area contributed by atoms with Gasteiger partial charge in [0.1, 0.15) is 6.61 Å². The van der Waals surface area contributed by atoms with E-state index >= 15 is 0 Å². The Morgan fingerprint density at radius 1 is 0.732 bits per heavy atom. The Balaban J connectivity index is 0. The lowest BCUT2D eigenvalue weighted by molar-refractivity contribution is -0.167. The highest BCUT2D eigenvalue weighted by molar-refractivity contribution is 5.82. The molecule has 0 aromatic rings. The van der Waals surface area contributed by atoms with E-state index in [1.807, 2.05) is 55.4 Å². The van der Waals surface area contributed by atoms with E-state index in [9.17, 15) is 19.2 Å². The third-order valence-corrected chi connectivity index (χ3v) is 6.82. The second-order valence-electron chi connectivity index (χ2n) is 11.3. The van der Waals surface area contributed by atoms with Crippen LogP contribution >= 0.6 is 0 Å². The zero-order chi connectivity index (χ0) is 32.1. The molecule has 0 N–H and O–H groups in total. The molecular formula is C30H56O11. The average Bonchev–Trinajstić information content (AvgIpc) is 3.34. The predicted octanol–water partition coefficient (Wildman–Crippen LogP) is 4.87. The Kier molecular flexibility index (Phi) is 21.4. The largest absolute Gasteiger partial charge is 0.463 e. The Hall–Kier alpha value is -2.24. The summed E-state index contributed by atoms with van der Waals surface area (Å²) in [7, 11) is 1.62. The maximum Gasteiger partial charge on any atom is 0.347 e. The van der Waals surface area contributed by atoms with Crippen LogP contribution in [0.1, 0.15) is 94.9 Å². The zero-order valence-corrected chi connectivity index (χ0v) is 27.3. The molecule has 1 unspecified atom stereocenters. The molecule has 1 heterocycles. The summed E-state index contributed by atoms with van der Waals surface area (Å²) >= 11 is 0. The van der Waals surface area contributed by atoms with Crippen molar-refractivity contribution in [2.75, 3.05) is 53.5 Å². The molecule has 1 rings (SSSR count). The van der Waals surface area contributed by atoms with E-state index in [1.54, 1.807) is 21.0 Å². The Morgan fingerprint density at radius 3 is 1.66 bits per heavy atom. The first-order chi connectivity index (χ1) is 19.1. The first-order valence-electron chi connectivity index (χ1n) is 14.4. The molecule has 1 aliphatic rings. The molecule has 1 aliphatic heterocycles. The molecule has 242 valence electrons. The summed E-state index contributed by atoms with van der Waals surface area (Å²) in [4.78, 5) is 45.3. The minimum atomic E-state index is -0.687. The number of cyclic esters (lactones) is 1. The van der Waals surface area contributed by atoms with E-state index < -0.39 is 28.3 Å². The van der Waals surface area contributed by atoms with Crippen molar-refractivity contribution in [3.8, 4) is 0 Å². The molecule has 1 fully saturated rings. The van der Waals surface area contributed by atoms with Gasteiger partial charge in [-0.2, -0.15) is 0 Å². The molecule has 0 radical (unpaired) electrons. The summed E-state index contributed by atoms with van der Waals surface area (Å²) in [6.45, 7) is 21.6. The van der Waals surface area contributed by atoms with Crippen molar-refractivity contribution in [3.63, 3.8) is 0 Å². The fourth-order valence-corrected chi connectivity index (χ4v) is 2.31. The van der Waals surface area contributed by atoms with Crippen molar-refractivity contribution in [2.24, 2.45) is 16.2 Å². The lowest BCUT2D eigenvalue weighted by atomic mass is 9.90. The molecule has 0 saturated carbocycles. The summed E-state index contributed by atoms with van der Waals surface area (Å²) < 4.78 is 34.6. The van der Waals surface area contributed by atoms with Gasteiger partial charge in [-0.1, -0.05) is 20.8 Å². The molecule has 0 spiro atoms. The normalized spacial score (nSPS) is 15.0. The standard InChI is InChI=1S/C11H22O4.C10H16O4.C9H18O3/c1-5-11(2,3)10(12)15-9-8-14-7-6-13-4;1-4-10(2,3)9(12)14-7-5-6-13-8(7)11;1-5-9(3,4)8(10)12-7-11-6-2/h5-9H2,1-4H3;7H,4-6H2,1-3H3;5-7H2,1-4H3. The topological polar surface area (TPSA) is 133 Å². The number of rotatable bonds is 16. The van der Waals surface area contributed by atoms with Gasteiger partial charge in [-0.3, -0.25) is 14.4 Å². The van der Waals surface area contributed by atoms with Gasteiger partial charge in [-0.05, 0) is 67.7 Å². The van der Waals surface area contributed by atoms with Crippen LogP contribution in [0.25, 0.3) is 0 Å². The maximum absolute atomic E-state index is 11.6. The van der Waals surface area contributed by atoms with Gasteiger partial charge in [0.2, 0.25) is 6.10 Å².